The molecule has 32 heavy (non-hydrogen) atoms. The van der Waals surface area contributed by atoms with Gasteiger partial charge in [-0.2, -0.15) is 5.10 Å². The first-order chi connectivity index (χ1) is 15.6. The maximum absolute atomic E-state index is 13.1. The summed E-state index contributed by atoms with van der Waals surface area (Å²) in [7, 11) is 2.05. The van der Waals surface area contributed by atoms with Crippen LogP contribution in [-0.4, -0.2) is 62.6 Å². The van der Waals surface area contributed by atoms with Gasteiger partial charge in [0.25, 0.3) is 5.91 Å². The van der Waals surface area contributed by atoms with Crippen molar-refractivity contribution in [2.75, 3.05) is 26.2 Å². The van der Waals surface area contributed by atoms with Gasteiger partial charge in [0.2, 0.25) is 5.91 Å². The van der Waals surface area contributed by atoms with Gasteiger partial charge >= 0.3 is 0 Å². The molecule has 168 valence electrons. The molecule has 5 rings (SSSR count). The van der Waals surface area contributed by atoms with Crippen molar-refractivity contribution in [3.63, 3.8) is 0 Å². The highest BCUT2D eigenvalue weighted by Gasteiger charge is 2.31. The molecule has 1 atom stereocenters. The van der Waals surface area contributed by atoms with Crippen LogP contribution in [0.3, 0.4) is 0 Å². The first kappa shape index (κ1) is 20.8. The summed E-state index contributed by atoms with van der Waals surface area (Å²) in [6.45, 7) is 3.09. The topological polar surface area (TPSA) is 74.2 Å². The van der Waals surface area contributed by atoms with E-state index in [4.69, 9.17) is 0 Å². The number of aromatic nitrogens is 3. The lowest BCUT2D eigenvalue weighted by molar-refractivity contribution is -0.132. The van der Waals surface area contributed by atoms with Crippen LogP contribution in [-0.2, 0) is 18.3 Å². The van der Waals surface area contributed by atoms with Gasteiger partial charge in [0.1, 0.15) is 0 Å². The molecule has 0 radical (unpaired) electrons. The summed E-state index contributed by atoms with van der Waals surface area (Å²) in [6.07, 6.45) is 9.10. The minimum Gasteiger partial charge on any atom is -0.350 e. The highest BCUT2D eigenvalue weighted by molar-refractivity contribution is 5.95. The Kier molecular flexibility index (Phi) is 5.72. The highest BCUT2D eigenvalue weighted by atomic mass is 16.2. The first-order valence-electron chi connectivity index (χ1n) is 11.7. The van der Waals surface area contributed by atoms with Gasteiger partial charge in [0.15, 0.2) is 0 Å². The number of rotatable bonds is 5. The number of nitrogens with one attached hydrogen (secondary N) is 1. The number of aromatic amines is 1. The molecule has 2 saturated heterocycles. The zero-order valence-electron chi connectivity index (χ0n) is 18.7. The molecule has 3 aromatic rings. The molecule has 2 aromatic heterocycles. The van der Waals surface area contributed by atoms with Crippen molar-refractivity contribution in [3.05, 3.63) is 53.5 Å². The van der Waals surface area contributed by atoms with E-state index >= 15 is 0 Å². The number of para-hydroxylation sites is 1. The molecule has 7 nitrogen and oxygen atoms in total. The SMILES string of the molecule is Cn1cc(CCC(=O)N2CCCC(c3[nH]ncc3C(=O)N3CCCC3)C2)c2ccccc21. The maximum Gasteiger partial charge on any atom is 0.257 e. The average molecular weight is 434 g/mol. The second-order valence-electron chi connectivity index (χ2n) is 9.16. The third-order valence-electron chi connectivity index (χ3n) is 7.06. The van der Waals surface area contributed by atoms with Crippen LogP contribution in [0.2, 0.25) is 0 Å². The molecule has 1 unspecified atom stereocenters. The largest absolute Gasteiger partial charge is 0.350 e. The molecule has 2 aliphatic heterocycles. The zero-order chi connectivity index (χ0) is 22.1. The minimum atomic E-state index is 0.0747. The summed E-state index contributed by atoms with van der Waals surface area (Å²) < 4.78 is 2.13. The van der Waals surface area contributed by atoms with E-state index in [0.29, 0.717) is 18.5 Å². The molecule has 1 N–H and O–H groups in total. The summed E-state index contributed by atoms with van der Waals surface area (Å²) in [5.74, 6) is 0.398. The molecule has 2 fully saturated rings. The maximum atomic E-state index is 13.1. The van der Waals surface area contributed by atoms with E-state index < -0.39 is 0 Å². The Hall–Kier alpha value is -3.09. The lowest BCUT2D eigenvalue weighted by atomic mass is 9.92. The van der Waals surface area contributed by atoms with E-state index in [1.54, 1.807) is 6.20 Å². The average Bonchev–Trinajstić information content (AvgIpc) is 3.58. The number of benzene rings is 1. The molecule has 0 bridgehead atoms. The third kappa shape index (κ3) is 3.92. The normalized spacial score (nSPS) is 19.1. The van der Waals surface area contributed by atoms with Gasteiger partial charge < -0.3 is 14.4 Å². The standard InChI is InChI=1S/C25H31N5O2/c1-28-16-18(20-8-2-3-9-22(20)28)10-11-23(31)30-14-6-7-19(17-30)24-21(15-26-27-24)25(32)29-12-4-5-13-29/h2-3,8-9,15-16,19H,4-7,10-14,17H2,1H3,(H,26,27). The van der Waals surface area contributed by atoms with Crippen molar-refractivity contribution < 1.29 is 9.59 Å². The van der Waals surface area contributed by atoms with Crippen LogP contribution in [0.25, 0.3) is 10.9 Å². The predicted molar refractivity (Wildman–Crippen MR) is 124 cm³/mol. The van der Waals surface area contributed by atoms with E-state index in [0.717, 1.165) is 57.4 Å². The smallest absolute Gasteiger partial charge is 0.257 e. The van der Waals surface area contributed by atoms with Gasteiger partial charge in [-0.3, -0.25) is 14.7 Å². The van der Waals surface area contributed by atoms with Gasteiger partial charge in [-0.05, 0) is 43.7 Å². The van der Waals surface area contributed by atoms with E-state index in [2.05, 4.69) is 33.1 Å². The van der Waals surface area contributed by atoms with Crippen LogP contribution in [0.1, 0.15) is 59.6 Å². The number of carbonyl (C=O) groups excluding carboxylic acids is 2. The molecule has 0 saturated carbocycles. The Bertz CT molecular complexity index is 1120. The lowest BCUT2D eigenvalue weighted by Gasteiger charge is -2.33. The van der Waals surface area contributed by atoms with Crippen molar-refractivity contribution in [1.82, 2.24) is 24.6 Å². The molecule has 7 heteroatoms. The molecule has 1 aromatic carbocycles. The van der Waals surface area contributed by atoms with Crippen LogP contribution in [0.4, 0.5) is 0 Å². The molecule has 0 spiro atoms. The van der Waals surface area contributed by atoms with Crippen LogP contribution in [0.5, 0.6) is 0 Å². The minimum absolute atomic E-state index is 0.0747. The lowest BCUT2D eigenvalue weighted by Crippen LogP contribution is -2.40. The monoisotopic (exact) mass is 433 g/mol. The number of amides is 2. The molecular formula is C25H31N5O2. The van der Waals surface area contributed by atoms with Gasteiger partial charge in [-0.1, -0.05) is 18.2 Å². The van der Waals surface area contributed by atoms with Crippen LogP contribution < -0.4 is 0 Å². The number of fused-ring (bicyclic) bond motifs is 1. The molecular weight excluding hydrogens is 402 g/mol. The highest BCUT2D eigenvalue weighted by Crippen LogP contribution is 2.30. The Morgan fingerprint density at radius 2 is 1.88 bits per heavy atom. The molecule has 4 heterocycles. The third-order valence-corrected chi connectivity index (χ3v) is 7.06. The summed E-state index contributed by atoms with van der Waals surface area (Å²) in [4.78, 5) is 29.9. The number of hydrogen-bond donors (Lipinski definition) is 1. The second kappa shape index (κ2) is 8.81. The van der Waals surface area contributed by atoms with Crippen LogP contribution in [0.15, 0.2) is 36.7 Å². The number of piperidine rings is 1. The van der Waals surface area contributed by atoms with Gasteiger partial charge in [-0.25, -0.2) is 0 Å². The molecule has 0 aliphatic carbocycles. The Balaban J connectivity index is 1.25. The summed E-state index contributed by atoms with van der Waals surface area (Å²) in [6, 6.07) is 8.34. The fourth-order valence-electron chi connectivity index (χ4n) is 5.33. The van der Waals surface area contributed by atoms with E-state index in [1.807, 2.05) is 29.0 Å². The summed E-state index contributed by atoms with van der Waals surface area (Å²) >= 11 is 0. The predicted octanol–water partition coefficient (Wildman–Crippen LogP) is 3.48. The Morgan fingerprint density at radius 1 is 1.09 bits per heavy atom. The fraction of sp³-hybridized carbons (Fsp3) is 0.480. The van der Waals surface area contributed by atoms with Gasteiger partial charge in [0, 0.05) is 62.7 Å². The second-order valence-corrected chi connectivity index (χ2v) is 9.16. The molecule has 2 aliphatic rings. The summed E-state index contributed by atoms with van der Waals surface area (Å²) in [5.41, 5.74) is 4.00. The van der Waals surface area contributed by atoms with Crippen molar-refractivity contribution in [2.45, 2.75) is 44.4 Å². The molecule has 2 amide bonds. The summed E-state index contributed by atoms with van der Waals surface area (Å²) in [5, 5.41) is 8.49. The first-order valence-corrected chi connectivity index (χ1v) is 11.7. The number of carbonyl (C=O) groups is 2. The van der Waals surface area contributed by atoms with Gasteiger partial charge in [-0.15, -0.1) is 0 Å². The van der Waals surface area contributed by atoms with Crippen LogP contribution >= 0.6 is 0 Å². The van der Waals surface area contributed by atoms with Crippen molar-refractivity contribution in [1.29, 1.82) is 0 Å². The van der Waals surface area contributed by atoms with E-state index in [-0.39, 0.29) is 17.7 Å². The Labute approximate surface area is 188 Å². The number of nitrogens with zero attached hydrogens (tertiary/aromatic N) is 4. The van der Waals surface area contributed by atoms with Crippen molar-refractivity contribution in [3.8, 4) is 0 Å². The van der Waals surface area contributed by atoms with E-state index in [9.17, 15) is 9.59 Å². The number of H-pyrrole nitrogens is 1. The zero-order valence-corrected chi connectivity index (χ0v) is 18.7. The fourth-order valence-corrected chi connectivity index (χ4v) is 5.33. The number of likely N-dealkylation sites (tertiary alicyclic amines) is 2. The number of hydrogen-bond acceptors (Lipinski definition) is 3. The van der Waals surface area contributed by atoms with E-state index in [1.165, 1.54) is 16.5 Å². The van der Waals surface area contributed by atoms with Crippen LogP contribution in [0, 0.1) is 0 Å². The Morgan fingerprint density at radius 3 is 2.72 bits per heavy atom. The van der Waals surface area contributed by atoms with Crippen molar-refractivity contribution >= 4 is 22.7 Å². The quantitative estimate of drug-likeness (QED) is 0.670. The van der Waals surface area contributed by atoms with Crippen molar-refractivity contribution in [2.24, 2.45) is 7.05 Å². The van der Waals surface area contributed by atoms with Gasteiger partial charge in [0.05, 0.1) is 17.5 Å². The number of aryl methyl sites for hydroxylation is 2.